The Hall–Kier alpha value is -2.38. The number of pyridine rings is 1. The average Bonchev–Trinajstić information content (AvgIpc) is 2.47. The van der Waals surface area contributed by atoms with Gasteiger partial charge in [0.2, 0.25) is 0 Å². The third kappa shape index (κ3) is 3.34. The third-order valence-electron chi connectivity index (χ3n) is 2.49. The summed E-state index contributed by atoms with van der Waals surface area (Å²) in [5, 5.41) is 11.0. The number of nitro groups is 1. The average molecular weight is 295 g/mol. The van der Waals surface area contributed by atoms with E-state index in [9.17, 15) is 10.1 Å². The molecule has 0 saturated heterocycles. The minimum Gasteiger partial charge on any atom is -0.487 e. The lowest BCUT2D eigenvalue weighted by molar-refractivity contribution is -0.384. The zero-order valence-corrected chi connectivity index (χ0v) is 11.0. The molecule has 0 aliphatic carbocycles. The molecular weight excluding hydrogens is 284 g/mol. The van der Waals surface area contributed by atoms with Crippen molar-refractivity contribution in [1.82, 2.24) is 4.98 Å². The lowest BCUT2D eigenvalue weighted by atomic mass is 10.3. The molecule has 2 rings (SSSR count). The maximum absolute atomic E-state index is 10.5. The maximum atomic E-state index is 10.5. The summed E-state index contributed by atoms with van der Waals surface area (Å²) in [4.78, 5) is 14.2. The van der Waals surface area contributed by atoms with Crippen molar-refractivity contribution in [3.63, 3.8) is 0 Å². The third-order valence-corrected chi connectivity index (χ3v) is 2.83. The van der Waals surface area contributed by atoms with Gasteiger partial charge in [0.15, 0.2) is 0 Å². The van der Waals surface area contributed by atoms with Gasteiger partial charge >= 0.3 is 0 Å². The number of ether oxygens (including phenoxy) is 1. The summed E-state index contributed by atoms with van der Waals surface area (Å²) in [5.74, 6) is 6.22. The van der Waals surface area contributed by atoms with Crippen LogP contribution in [0.15, 0.2) is 36.4 Å². The maximum Gasteiger partial charge on any atom is 0.269 e. The Morgan fingerprint density at radius 1 is 1.30 bits per heavy atom. The van der Waals surface area contributed by atoms with Crippen LogP contribution in [0.3, 0.4) is 0 Å². The van der Waals surface area contributed by atoms with Crippen LogP contribution < -0.4 is 16.0 Å². The molecule has 20 heavy (non-hydrogen) atoms. The van der Waals surface area contributed by atoms with Crippen LogP contribution >= 0.6 is 11.6 Å². The Labute approximate surface area is 119 Å². The Morgan fingerprint density at radius 3 is 2.60 bits per heavy atom. The van der Waals surface area contributed by atoms with E-state index in [-0.39, 0.29) is 12.3 Å². The number of nitrogen functional groups attached to an aromatic ring is 1. The van der Waals surface area contributed by atoms with Gasteiger partial charge in [0.25, 0.3) is 5.69 Å². The number of anilines is 1. The number of aromatic nitrogens is 1. The van der Waals surface area contributed by atoms with Crippen LogP contribution in [0.2, 0.25) is 5.02 Å². The van der Waals surface area contributed by atoms with E-state index < -0.39 is 4.92 Å². The molecule has 0 fully saturated rings. The fourth-order valence-electron chi connectivity index (χ4n) is 1.48. The second kappa shape index (κ2) is 6.18. The summed E-state index contributed by atoms with van der Waals surface area (Å²) in [6.07, 6.45) is 0. The van der Waals surface area contributed by atoms with Gasteiger partial charge in [0.1, 0.15) is 18.2 Å². The number of nitrogens with one attached hydrogen (secondary N) is 1. The Kier molecular flexibility index (Phi) is 4.34. The first-order valence-corrected chi connectivity index (χ1v) is 5.97. The Morgan fingerprint density at radius 2 is 2.00 bits per heavy atom. The van der Waals surface area contributed by atoms with Gasteiger partial charge in [-0.1, -0.05) is 11.6 Å². The van der Waals surface area contributed by atoms with Gasteiger partial charge in [-0.05, 0) is 24.3 Å². The smallest absolute Gasteiger partial charge is 0.269 e. The SMILES string of the molecule is NNc1ccc(Cl)c(COc2ccc([N+](=O)[O-])cc2)n1. The standard InChI is InChI=1S/C12H11ClN4O3/c13-10-5-6-12(16-14)15-11(10)7-20-9-3-1-8(2-4-9)17(18)19/h1-6H,7,14H2,(H,15,16). The molecule has 1 aromatic heterocycles. The summed E-state index contributed by atoms with van der Waals surface area (Å²) in [5.41, 5.74) is 2.93. The van der Waals surface area contributed by atoms with Gasteiger partial charge in [-0.3, -0.25) is 10.1 Å². The second-order valence-corrected chi connectivity index (χ2v) is 4.22. The number of non-ortho nitro benzene ring substituents is 1. The summed E-state index contributed by atoms with van der Waals surface area (Å²) < 4.78 is 5.47. The lowest BCUT2D eigenvalue weighted by Crippen LogP contribution is -2.10. The van der Waals surface area contributed by atoms with Crippen LogP contribution in [-0.4, -0.2) is 9.91 Å². The highest BCUT2D eigenvalue weighted by atomic mass is 35.5. The van der Waals surface area contributed by atoms with E-state index >= 15 is 0 Å². The number of hydrogen-bond acceptors (Lipinski definition) is 6. The molecule has 7 nitrogen and oxygen atoms in total. The number of benzene rings is 1. The summed E-state index contributed by atoms with van der Waals surface area (Å²) in [6.45, 7) is 0.131. The number of hydrogen-bond donors (Lipinski definition) is 2. The molecule has 3 N–H and O–H groups in total. The van der Waals surface area contributed by atoms with E-state index in [1.54, 1.807) is 12.1 Å². The molecule has 0 radical (unpaired) electrons. The fourth-order valence-corrected chi connectivity index (χ4v) is 1.64. The van der Waals surface area contributed by atoms with Crippen molar-refractivity contribution >= 4 is 23.1 Å². The molecule has 0 spiro atoms. The van der Waals surface area contributed by atoms with Gasteiger partial charge in [0, 0.05) is 12.1 Å². The predicted octanol–water partition coefficient (Wildman–Crippen LogP) is 2.51. The molecule has 0 unspecified atom stereocenters. The van der Waals surface area contributed by atoms with Crippen molar-refractivity contribution < 1.29 is 9.66 Å². The number of nitrogens with two attached hydrogens (primary N) is 1. The largest absolute Gasteiger partial charge is 0.487 e. The van der Waals surface area contributed by atoms with Crippen LogP contribution in [-0.2, 0) is 6.61 Å². The van der Waals surface area contributed by atoms with Crippen LogP contribution in [0, 0.1) is 10.1 Å². The van der Waals surface area contributed by atoms with Crippen molar-refractivity contribution in [2.75, 3.05) is 5.43 Å². The van der Waals surface area contributed by atoms with Crippen LogP contribution in [0.1, 0.15) is 5.69 Å². The van der Waals surface area contributed by atoms with Crippen LogP contribution in [0.4, 0.5) is 11.5 Å². The molecule has 0 aliphatic rings. The van der Waals surface area contributed by atoms with E-state index in [0.29, 0.717) is 22.3 Å². The van der Waals surface area contributed by atoms with E-state index in [1.165, 1.54) is 24.3 Å². The first-order valence-electron chi connectivity index (χ1n) is 5.59. The molecule has 0 bridgehead atoms. The lowest BCUT2D eigenvalue weighted by Gasteiger charge is -2.08. The Bertz CT molecular complexity index is 619. The van der Waals surface area contributed by atoms with Crippen molar-refractivity contribution in [3.8, 4) is 5.75 Å². The van der Waals surface area contributed by atoms with E-state index in [2.05, 4.69) is 10.4 Å². The monoisotopic (exact) mass is 294 g/mol. The van der Waals surface area contributed by atoms with Crippen LogP contribution in [0.5, 0.6) is 5.75 Å². The highest BCUT2D eigenvalue weighted by Crippen LogP contribution is 2.21. The number of rotatable bonds is 5. The van der Waals surface area contributed by atoms with Gasteiger partial charge in [-0.2, -0.15) is 0 Å². The molecule has 1 aromatic carbocycles. The molecule has 0 atom stereocenters. The number of nitro benzene ring substituents is 1. The molecule has 0 amide bonds. The minimum absolute atomic E-state index is 0.00263. The fraction of sp³-hybridized carbons (Fsp3) is 0.0833. The molecule has 104 valence electrons. The molecule has 1 heterocycles. The summed E-state index contributed by atoms with van der Waals surface area (Å²) in [6, 6.07) is 9.04. The number of halogens is 1. The molecule has 0 saturated carbocycles. The molecular formula is C12H11ClN4O3. The second-order valence-electron chi connectivity index (χ2n) is 3.81. The van der Waals surface area contributed by atoms with E-state index in [0.717, 1.165) is 0 Å². The van der Waals surface area contributed by atoms with Crippen molar-refractivity contribution in [2.24, 2.45) is 5.84 Å². The van der Waals surface area contributed by atoms with E-state index in [4.69, 9.17) is 22.2 Å². The van der Waals surface area contributed by atoms with Crippen LogP contribution in [0.25, 0.3) is 0 Å². The zero-order chi connectivity index (χ0) is 14.5. The number of hydrazine groups is 1. The van der Waals surface area contributed by atoms with Gasteiger partial charge in [-0.25, -0.2) is 10.8 Å². The predicted molar refractivity (Wildman–Crippen MR) is 74.5 cm³/mol. The van der Waals surface area contributed by atoms with Crippen molar-refractivity contribution in [1.29, 1.82) is 0 Å². The van der Waals surface area contributed by atoms with E-state index in [1.807, 2.05) is 0 Å². The Balaban J connectivity index is 2.06. The highest BCUT2D eigenvalue weighted by Gasteiger charge is 2.07. The summed E-state index contributed by atoms with van der Waals surface area (Å²) in [7, 11) is 0. The van der Waals surface area contributed by atoms with Gasteiger partial charge < -0.3 is 10.2 Å². The highest BCUT2D eigenvalue weighted by molar-refractivity contribution is 6.31. The quantitative estimate of drug-likeness (QED) is 0.499. The van der Waals surface area contributed by atoms with Crippen molar-refractivity contribution in [2.45, 2.75) is 6.61 Å². The van der Waals surface area contributed by atoms with Crippen molar-refractivity contribution in [3.05, 3.63) is 57.2 Å². The van der Waals surface area contributed by atoms with Gasteiger partial charge in [-0.15, -0.1) is 0 Å². The molecule has 8 heteroatoms. The van der Waals surface area contributed by atoms with Gasteiger partial charge in [0.05, 0.1) is 15.6 Å². The normalized spacial score (nSPS) is 10.1. The summed E-state index contributed by atoms with van der Waals surface area (Å²) >= 11 is 5.99. The first-order chi connectivity index (χ1) is 9.60. The molecule has 0 aliphatic heterocycles. The molecule has 2 aromatic rings. The minimum atomic E-state index is -0.474. The first kappa shape index (κ1) is 14.0. The topological polar surface area (TPSA) is 103 Å². The zero-order valence-electron chi connectivity index (χ0n) is 10.2. The number of nitrogens with zero attached hydrogens (tertiary/aromatic N) is 2.